The van der Waals surface area contributed by atoms with Crippen molar-refractivity contribution in [3.8, 4) is 0 Å². The second kappa shape index (κ2) is 8.04. The van der Waals surface area contributed by atoms with Gasteiger partial charge in [0.15, 0.2) is 0 Å². The highest BCUT2D eigenvalue weighted by Crippen LogP contribution is 2.26. The molecular weight excluding hydrogens is 309 g/mol. The van der Waals surface area contributed by atoms with Gasteiger partial charge in [0.05, 0.1) is 0 Å². The van der Waals surface area contributed by atoms with E-state index in [0.717, 1.165) is 41.4 Å². The van der Waals surface area contributed by atoms with Crippen molar-refractivity contribution in [1.82, 2.24) is 5.32 Å². The third-order valence-corrected chi connectivity index (χ3v) is 4.97. The normalized spacial score (nSPS) is 12.6. The van der Waals surface area contributed by atoms with Crippen LogP contribution in [0.4, 0.5) is 0 Å². The second-order valence-electron chi connectivity index (χ2n) is 4.78. The van der Waals surface area contributed by atoms with Gasteiger partial charge in [-0.3, -0.25) is 0 Å². The summed E-state index contributed by atoms with van der Waals surface area (Å²) in [7, 11) is 0. The lowest BCUT2D eigenvalue weighted by atomic mass is 10.0. The van der Waals surface area contributed by atoms with Gasteiger partial charge in [-0.1, -0.05) is 42.3 Å². The summed E-state index contributed by atoms with van der Waals surface area (Å²) >= 11 is 14.3. The summed E-state index contributed by atoms with van der Waals surface area (Å²) in [5, 5.41) is 7.18. The highest BCUT2D eigenvalue weighted by atomic mass is 35.5. The highest BCUT2D eigenvalue weighted by molar-refractivity contribution is 7.09. The number of hydrogen-bond acceptors (Lipinski definition) is 2. The van der Waals surface area contributed by atoms with Crippen LogP contribution >= 0.6 is 34.5 Å². The minimum Gasteiger partial charge on any atom is -0.314 e. The molecule has 1 nitrogen and oxygen atoms in total. The zero-order chi connectivity index (χ0) is 14.4. The summed E-state index contributed by atoms with van der Waals surface area (Å²) in [6.07, 6.45) is 3.06. The molecule has 0 aliphatic carbocycles. The molecule has 1 aromatic carbocycles. The molecule has 4 heteroatoms. The van der Waals surface area contributed by atoms with Crippen molar-refractivity contribution in [1.29, 1.82) is 0 Å². The quantitative estimate of drug-likeness (QED) is 0.736. The zero-order valence-corrected chi connectivity index (χ0v) is 13.9. The Labute approximate surface area is 134 Å². The Hall–Kier alpha value is -0.540. The predicted molar refractivity (Wildman–Crippen MR) is 90.3 cm³/mol. The Balaban J connectivity index is 2.01. The van der Waals surface area contributed by atoms with E-state index in [1.54, 1.807) is 0 Å². The third kappa shape index (κ3) is 4.49. The average Bonchev–Trinajstić information content (AvgIpc) is 2.93. The Bertz CT molecular complexity index is 505. The van der Waals surface area contributed by atoms with Gasteiger partial charge < -0.3 is 5.32 Å². The van der Waals surface area contributed by atoms with Crippen molar-refractivity contribution in [2.24, 2.45) is 0 Å². The fourth-order valence-electron chi connectivity index (χ4n) is 2.31. The number of hydrogen-bond donors (Lipinski definition) is 1. The summed E-state index contributed by atoms with van der Waals surface area (Å²) in [5.74, 6) is 0. The number of aryl methyl sites for hydroxylation is 1. The minimum atomic E-state index is 0.402. The SMILES string of the molecule is CCNC(CCc1cccs1)Cc1c(Cl)cccc1Cl. The Morgan fingerprint density at radius 2 is 1.90 bits per heavy atom. The first-order valence-corrected chi connectivity index (χ1v) is 8.53. The van der Waals surface area contributed by atoms with E-state index in [0.29, 0.717) is 6.04 Å². The van der Waals surface area contributed by atoms with Crippen molar-refractivity contribution in [3.05, 3.63) is 56.2 Å². The van der Waals surface area contributed by atoms with Gasteiger partial charge in [0.2, 0.25) is 0 Å². The molecule has 2 rings (SSSR count). The van der Waals surface area contributed by atoms with Gasteiger partial charge in [-0.25, -0.2) is 0 Å². The van der Waals surface area contributed by atoms with Crippen molar-refractivity contribution in [2.45, 2.75) is 32.2 Å². The monoisotopic (exact) mass is 327 g/mol. The van der Waals surface area contributed by atoms with E-state index in [1.807, 2.05) is 29.5 Å². The van der Waals surface area contributed by atoms with Crippen LogP contribution in [-0.4, -0.2) is 12.6 Å². The zero-order valence-electron chi connectivity index (χ0n) is 11.5. The van der Waals surface area contributed by atoms with Gasteiger partial charge in [-0.2, -0.15) is 0 Å². The van der Waals surface area contributed by atoms with Crippen LogP contribution in [0.15, 0.2) is 35.7 Å². The molecule has 0 bridgehead atoms. The molecule has 0 spiro atoms. The van der Waals surface area contributed by atoms with E-state index >= 15 is 0 Å². The summed E-state index contributed by atoms with van der Waals surface area (Å²) in [4.78, 5) is 1.43. The molecule has 0 aliphatic rings. The van der Waals surface area contributed by atoms with Crippen molar-refractivity contribution in [2.75, 3.05) is 6.54 Å². The Morgan fingerprint density at radius 1 is 1.15 bits per heavy atom. The highest BCUT2D eigenvalue weighted by Gasteiger charge is 2.13. The standard InChI is InChI=1S/C16H19Cl2NS/c1-2-19-12(8-9-13-5-4-10-20-13)11-14-15(17)6-3-7-16(14)18/h3-7,10,12,19H,2,8-9,11H2,1H3. The van der Waals surface area contributed by atoms with Crippen LogP contribution in [0.1, 0.15) is 23.8 Å². The molecule has 0 amide bonds. The number of thiophene rings is 1. The Morgan fingerprint density at radius 3 is 2.50 bits per heavy atom. The van der Waals surface area contributed by atoms with Gasteiger partial charge in [-0.05, 0) is 54.9 Å². The largest absolute Gasteiger partial charge is 0.314 e. The van der Waals surface area contributed by atoms with Crippen molar-refractivity contribution < 1.29 is 0 Å². The average molecular weight is 328 g/mol. The fraction of sp³-hybridized carbons (Fsp3) is 0.375. The number of nitrogens with one attached hydrogen (secondary N) is 1. The molecule has 1 unspecified atom stereocenters. The van der Waals surface area contributed by atoms with Crippen LogP contribution in [-0.2, 0) is 12.8 Å². The fourth-order valence-corrected chi connectivity index (χ4v) is 3.59. The molecule has 1 atom stereocenters. The van der Waals surface area contributed by atoms with E-state index < -0.39 is 0 Å². The van der Waals surface area contributed by atoms with E-state index in [-0.39, 0.29) is 0 Å². The molecule has 1 heterocycles. The topological polar surface area (TPSA) is 12.0 Å². The summed E-state index contributed by atoms with van der Waals surface area (Å²) in [5.41, 5.74) is 1.05. The van der Waals surface area contributed by atoms with Gasteiger partial charge in [0.25, 0.3) is 0 Å². The molecule has 0 saturated heterocycles. The maximum absolute atomic E-state index is 6.26. The molecule has 1 N–H and O–H groups in total. The number of benzene rings is 1. The van der Waals surface area contributed by atoms with E-state index in [9.17, 15) is 0 Å². The molecular formula is C16H19Cl2NS. The lowest BCUT2D eigenvalue weighted by molar-refractivity contribution is 0.492. The molecule has 20 heavy (non-hydrogen) atoms. The van der Waals surface area contributed by atoms with Gasteiger partial charge in [0.1, 0.15) is 0 Å². The van der Waals surface area contributed by atoms with Crippen LogP contribution in [0.3, 0.4) is 0 Å². The van der Waals surface area contributed by atoms with Gasteiger partial charge in [0, 0.05) is 21.0 Å². The first kappa shape index (κ1) is 15.8. The minimum absolute atomic E-state index is 0.402. The molecule has 108 valence electrons. The smallest absolute Gasteiger partial charge is 0.0453 e. The molecule has 0 aliphatic heterocycles. The molecule has 1 aromatic heterocycles. The first-order valence-electron chi connectivity index (χ1n) is 6.89. The van der Waals surface area contributed by atoms with Crippen LogP contribution in [0, 0.1) is 0 Å². The molecule has 0 fully saturated rings. The van der Waals surface area contributed by atoms with Crippen LogP contribution in [0.2, 0.25) is 10.0 Å². The van der Waals surface area contributed by atoms with E-state index in [2.05, 4.69) is 29.8 Å². The van der Waals surface area contributed by atoms with Crippen molar-refractivity contribution in [3.63, 3.8) is 0 Å². The third-order valence-electron chi connectivity index (χ3n) is 3.32. The first-order chi connectivity index (χ1) is 9.70. The lowest BCUT2D eigenvalue weighted by Crippen LogP contribution is -2.31. The summed E-state index contributed by atoms with van der Waals surface area (Å²) in [6.45, 7) is 3.09. The van der Waals surface area contributed by atoms with E-state index in [4.69, 9.17) is 23.2 Å². The van der Waals surface area contributed by atoms with Crippen LogP contribution < -0.4 is 5.32 Å². The molecule has 0 radical (unpaired) electrons. The number of halogens is 2. The van der Waals surface area contributed by atoms with Crippen LogP contribution in [0.25, 0.3) is 0 Å². The van der Waals surface area contributed by atoms with Crippen LogP contribution in [0.5, 0.6) is 0 Å². The number of likely N-dealkylation sites (N-methyl/N-ethyl adjacent to an activating group) is 1. The second-order valence-corrected chi connectivity index (χ2v) is 6.62. The van der Waals surface area contributed by atoms with E-state index in [1.165, 1.54) is 4.88 Å². The van der Waals surface area contributed by atoms with Gasteiger partial charge in [-0.15, -0.1) is 11.3 Å². The Kier molecular flexibility index (Phi) is 6.37. The predicted octanol–water partition coefficient (Wildman–Crippen LogP) is 5.21. The summed E-state index contributed by atoms with van der Waals surface area (Å²) in [6, 6.07) is 10.4. The van der Waals surface area contributed by atoms with Gasteiger partial charge >= 0.3 is 0 Å². The number of rotatable bonds is 7. The maximum atomic E-state index is 6.26. The maximum Gasteiger partial charge on any atom is 0.0453 e. The summed E-state index contributed by atoms with van der Waals surface area (Å²) < 4.78 is 0. The molecule has 2 aromatic rings. The lowest BCUT2D eigenvalue weighted by Gasteiger charge is -2.19. The molecule has 0 saturated carbocycles. The van der Waals surface area contributed by atoms with Crippen molar-refractivity contribution >= 4 is 34.5 Å².